The van der Waals surface area contributed by atoms with Crippen LogP contribution in [0.2, 0.25) is 0 Å². The molecular weight excluding hydrogens is 338 g/mol. The molecule has 1 unspecified atom stereocenters. The van der Waals surface area contributed by atoms with E-state index >= 15 is 0 Å². The third-order valence-corrected chi connectivity index (χ3v) is 5.89. The van der Waals surface area contributed by atoms with E-state index in [-0.39, 0.29) is 5.91 Å². The van der Waals surface area contributed by atoms with Crippen molar-refractivity contribution < 1.29 is 4.79 Å². The second-order valence-corrected chi connectivity index (χ2v) is 8.30. The van der Waals surface area contributed by atoms with E-state index in [1.165, 1.54) is 38.9 Å². The van der Waals surface area contributed by atoms with Crippen LogP contribution in [0.5, 0.6) is 0 Å². The fourth-order valence-electron chi connectivity index (χ4n) is 4.26. The van der Waals surface area contributed by atoms with Crippen LogP contribution < -0.4 is 10.6 Å². The Bertz CT molecular complexity index is 459. The Hall–Kier alpha value is -1.30. The van der Waals surface area contributed by atoms with Gasteiger partial charge in [0.2, 0.25) is 5.91 Å². The van der Waals surface area contributed by atoms with E-state index in [0.29, 0.717) is 12.3 Å². The monoisotopic (exact) mass is 379 g/mol. The molecule has 0 aromatic carbocycles. The summed E-state index contributed by atoms with van der Waals surface area (Å²) in [4.78, 5) is 21.4. The Morgan fingerprint density at radius 1 is 1.15 bits per heavy atom. The second kappa shape index (κ2) is 12.2. The lowest BCUT2D eigenvalue weighted by atomic mass is 9.93. The van der Waals surface area contributed by atoms with Gasteiger partial charge in [-0.15, -0.1) is 0 Å². The van der Waals surface area contributed by atoms with Gasteiger partial charge in [0, 0.05) is 46.2 Å². The number of hydrogen-bond acceptors (Lipinski definition) is 3. The van der Waals surface area contributed by atoms with Gasteiger partial charge in [-0.3, -0.25) is 9.79 Å². The van der Waals surface area contributed by atoms with E-state index in [1.54, 1.807) is 7.05 Å². The summed E-state index contributed by atoms with van der Waals surface area (Å²) >= 11 is 0. The van der Waals surface area contributed by atoms with E-state index < -0.39 is 0 Å². The number of guanidine groups is 1. The standard InChI is InChI=1S/C21H41N5O/c1-4-23-21(26-14-9-19(10-15-26)16-20(27)22-3)24-11-5-6-12-25-13-7-8-18(2)17-25/h18-19H,4-17H2,1-3H3,(H,22,27)(H,23,24). The van der Waals surface area contributed by atoms with Crippen LogP contribution in [0.25, 0.3) is 0 Å². The highest BCUT2D eigenvalue weighted by Gasteiger charge is 2.23. The molecule has 0 aromatic heterocycles. The molecule has 156 valence electrons. The van der Waals surface area contributed by atoms with Gasteiger partial charge in [-0.25, -0.2) is 0 Å². The summed E-state index contributed by atoms with van der Waals surface area (Å²) in [6.07, 6.45) is 7.96. The molecule has 0 radical (unpaired) electrons. The molecular formula is C21H41N5O. The average Bonchev–Trinajstić information content (AvgIpc) is 2.67. The van der Waals surface area contributed by atoms with E-state index in [0.717, 1.165) is 57.3 Å². The molecule has 6 heteroatoms. The van der Waals surface area contributed by atoms with E-state index in [1.807, 2.05) is 0 Å². The first kappa shape index (κ1) is 22.0. The van der Waals surface area contributed by atoms with Crippen molar-refractivity contribution in [3.8, 4) is 0 Å². The molecule has 2 saturated heterocycles. The molecule has 2 aliphatic heterocycles. The predicted octanol–water partition coefficient (Wildman–Crippen LogP) is 2.31. The van der Waals surface area contributed by atoms with Crippen LogP contribution in [0.4, 0.5) is 0 Å². The topological polar surface area (TPSA) is 60.0 Å². The molecule has 1 amide bonds. The van der Waals surface area contributed by atoms with Gasteiger partial charge >= 0.3 is 0 Å². The molecule has 27 heavy (non-hydrogen) atoms. The lowest BCUT2D eigenvalue weighted by Crippen LogP contribution is -2.46. The molecule has 0 bridgehead atoms. The number of aliphatic imine (C=N–C) groups is 1. The summed E-state index contributed by atoms with van der Waals surface area (Å²) in [6.45, 7) is 12.1. The van der Waals surface area contributed by atoms with Crippen molar-refractivity contribution in [2.45, 2.75) is 58.8 Å². The van der Waals surface area contributed by atoms with Gasteiger partial charge in [-0.05, 0) is 70.4 Å². The minimum absolute atomic E-state index is 0.164. The smallest absolute Gasteiger partial charge is 0.220 e. The Morgan fingerprint density at radius 2 is 1.93 bits per heavy atom. The second-order valence-electron chi connectivity index (χ2n) is 8.30. The van der Waals surface area contributed by atoms with E-state index in [4.69, 9.17) is 4.99 Å². The van der Waals surface area contributed by atoms with Crippen LogP contribution in [0.15, 0.2) is 4.99 Å². The van der Waals surface area contributed by atoms with Crippen LogP contribution in [0, 0.1) is 11.8 Å². The Morgan fingerprint density at radius 3 is 2.59 bits per heavy atom. The number of amides is 1. The maximum Gasteiger partial charge on any atom is 0.220 e. The SMILES string of the molecule is CCNC(=NCCCCN1CCCC(C)C1)N1CCC(CC(=O)NC)CC1. The van der Waals surface area contributed by atoms with Gasteiger partial charge < -0.3 is 20.4 Å². The van der Waals surface area contributed by atoms with E-state index in [9.17, 15) is 4.79 Å². The van der Waals surface area contributed by atoms with Crippen molar-refractivity contribution in [1.82, 2.24) is 20.4 Å². The number of unbranched alkanes of at least 4 members (excludes halogenated alkanes) is 1. The van der Waals surface area contributed by atoms with Crippen LogP contribution in [0.1, 0.15) is 58.8 Å². The number of carbonyl (C=O) groups excluding carboxylic acids is 1. The van der Waals surface area contributed by atoms with Crippen LogP contribution in [-0.2, 0) is 4.79 Å². The van der Waals surface area contributed by atoms with Crippen LogP contribution in [-0.4, -0.2) is 74.5 Å². The van der Waals surface area contributed by atoms with Gasteiger partial charge in [-0.2, -0.15) is 0 Å². The number of nitrogens with zero attached hydrogens (tertiary/aromatic N) is 3. The lowest BCUT2D eigenvalue weighted by Gasteiger charge is -2.34. The first-order valence-electron chi connectivity index (χ1n) is 11.1. The van der Waals surface area contributed by atoms with Gasteiger partial charge in [0.05, 0.1) is 0 Å². The maximum atomic E-state index is 11.6. The Labute approximate surface area is 166 Å². The molecule has 1 atom stereocenters. The highest BCUT2D eigenvalue weighted by atomic mass is 16.1. The summed E-state index contributed by atoms with van der Waals surface area (Å²) in [6, 6.07) is 0. The number of carbonyl (C=O) groups is 1. The highest BCUT2D eigenvalue weighted by molar-refractivity contribution is 5.80. The fourth-order valence-corrected chi connectivity index (χ4v) is 4.26. The van der Waals surface area contributed by atoms with E-state index in [2.05, 4.69) is 34.3 Å². The molecule has 2 heterocycles. The predicted molar refractivity (Wildman–Crippen MR) is 113 cm³/mol. The molecule has 0 aliphatic carbocycles. The van der Waals surface area contributed by atoms with Crippen molar-refractivity contribution in [1.29, 1.82) is 0 Å². The number of hydrogen-bond donors (Lipinski definition) is 2. The number of nitrogens with one attached hydrogen (secondary N) is 2. The number of rotatable bonds is 8. The molecule has 0 aromatic rings. The molecule has 0 saturated carbocycles. The third-order valence-electron chi connectivity index (χ3n) is 5.89. The molecule has 0 spiro atoms. The average molecular weight is 380 g/mol. The zero-order chi connectivity index (χ0) is 19.5. The zero-order valence-electron chi connectivity index (χ0n) is 17.8. The summed E-state index contributed by atoms with van der Waals surface area (Å²) in [5, 5.41) is 6.19. The Balaban J connectivity index is 1.68. The number of piperidine rings is 2. The highest BCUT2D eigenvalue weighted by Crippen LogP contribution is 2.20. The summed E-state index contributed by atoms with van der Waals surface area (Å²) < 4.78 is 0. The largest absolute Gasteiger partial charge is 0.359 e. The molecule has 2 fully saturated rings. The third kappa shape index (κ3) is 8.08. The van der Waals surface area contributed by atoms with Crippen molar-refractivity contribution in [3.63, 3.8) is 0 Å². The fraction of sp³-hybridized carbons (Fsp3) is 0.905. The summed E-state index contributed by atoms with van der Waals surface area (Å²) in [5.74, 6) is 2.60. The minimum atomic E-state index is 0.164. The first-order valence-corrected chi connectivity index (χ1v) is 11.1. The number of likely N-dealkylation sites (tertiary alicyclic amines) is 2. The Kier molecular flexibility index (Phi) is 9.95. The maximum absolute atomic E-state index is 11.6. The quantitative estimate of drug-likeness (QED) is 0.386. The minimum Gasteiger partial charge on any atom is -0.359 e. The molecule has 6 nitrogen and oxygen atoms in total. The normalized spacial score (nSPS) is 22.7. The van der Waals surface area contributed by atoms with Gasteiger partial charge in [0.1, 0.15) is 0 Å². The summed E-state index contributed by atoms with van der Waals surface area (Å²) in [7, 11) is 1.72. The molecule has 2 aliphatic rings. The van der Waals surface area contributed by atoms with Gasteiger partial charge in [-0.1, -0.05) is 6.92 Å². The zero-order valence-corrected chi connectivity index (χ0v) is 17.8. The van der Waals surface area contributed by atoms with Crippen LogP contribution >= 0.6 is 0 Å². The lowest BCUT2D eigenvalue weighted by molar-refractivity contribution is -0.121. The first-order chi connectivity index (χ1) is 13.1. The van der Waals surface area contributed by atoms with Crippen molar-refractivity contribution in [3.05, 3.63) is 0 Å². The van der Waals surface area contributed by atoms with Crippen LogP contribution in [0.3, 0.4) is 0 Å². The van der Waals surface area contributed by atoms with Gasteiger partial charge in [0.15, 0.2) is 5.96 Å². The van der Waals surface area contributed by atoms with Crippen molar-refractivity contribution in [2.24, 2.45) is 16.8 Å². The summed E-state index contributed by atoms with van der Waals surface area (Å²) in [5.41, 5.74) is 0. The van der Waals surface area contributed by atoms with Gasteiger partial charge in [0.25, 0.3) is 0 Å². The molecule has 2 N–H and O–H groups in total. The van der Waals surface area contributed by atoms with Crippen molar-refractivity contribution in [2.75, 3.05) is 52.9 Å². The van der Waals surface area contributed by atoms with Crippen molar-refractivity contribution >= 4 is 11.9 Å². The molecule has 2 rings (SSSR count).